The second-order valence-corrected chi connectivity index (χ2v) is 8.37. The van der Waals surface area contributed by atoms with Crippen LogP contribution in [-0.2, 0) is 16.4 Å². The molecule has 0 aliphatic carbocycles. The maximum Gasteiger partial charge on any atom is 0.317 e. The Morgan fingerprint density at radius 1 is 1.39 bits per heavy atom. The second kappa shape index (κ2) is 7.81. The number of carbonyl (C=O) groups excluding carboxylic acids is 1. The van der Waals surface area contributed by atoms with E-state index >= 15 is 0 Å². The number of urea groups is 1. The van der Waals surface area contributed by atoms with Gasteiger partial charge in [-0.2, -0.15) is 5.10 Å². The van der Waals surface area contributed by atoms with Crippen molar-refractivity contribution in [2.45, 2.75) is 53.2 Å². The van der Waals surface area contributed by atoms with E-state index in [0.717, 1.165) is 11.4 Å². The molecule has 1 heterocycles. The second-order valence-electron chi connectivity index (χ2n) is 6.19. The van der Waals surface area contributed by atoms with Crippen LogP contribution in [0, 0.1) is 13.8 Å². The third kappa shape index (κ3) is 6.21. The summed E-state index contributed by atoms with van der Waals surface area (Å²) in [6, 6.07) is 1.26. The van der Waals surface area contributed by atoms with Crippen LogP contribution in [0.3, 0.4) is 0 Å². The Morgan fingerprint density at radius 3 is 2.43 bits per heavy atom. The molecule has 1 aromatic heterocycles. The minimum absolute atomic E-state index is 0.0416. The normalized spacial score (nSPS) is 14.3. The molecule has 0 aliphatic heterocycles. The monoisotopic (exact) mass is 344 g/mol. The lowest BCUT2D eigenvalue weighted by Gasteiger charge is -2.29. The minimum Gasteiger partial charge on any atom is -0.334 e. The van der Waals surface area contributed by atoms with E-state index in [9.17, 15) is 13.2 Å². The van der Waals surface area contributed by atoms with E-state index in [1.54, 1.807) is 11.8 Å². The van der Waals surface area contributed by atoms with Gasteiger partial charge in [-0.1, -0.05) is 0 Å². The van der Waals surface area contributed by atoms with Crippen molar-refractivity contribution in [1.82, 2.24) is 20.0 Å². The lowest BCUT2D eigenvalue weighted by atomic mass is 10.3. The predicted molar refractivity (Wildman–Crippen MR) is 91.2 cm³/mol. The number of aromatic nitrogens is 2. The molecule has 1 N–H and O–H groups in total. The quantitative estimate of drug-likeness (QED) is 0.809. The molecule has 132 valence electrons. The zero-order valence-electron chi connectivity index (χ0n) is 14.8. The van der Waals surface area contributed by atoms with Gasteiger partial charge in [0.2, 0.25) is 0 Å². The SMILES string of the molecule is CCN(C(=O)N[C@H](C)Cn1nc(C)cc1C)[C@@H](C)CS(C)(=O)=O. The number of hydrogen-bond donors (Lipinski definition) is 1. The molecular formula is C15H28N4O3S. The van der Waals surface area contributed by atoms with Crippen molar-refractivity contribution >= 4 is 15.9 Å². The molecule has 0 radical (unpaired) electrons. The number of nitrogens with zero attached hydrogens (tertiary/aromatic N) is 3. The molecule has 2 atom stereocenters. The van der Waals surface area contributed by atoms with Gasteiger partial charge in [-0.25, -0.2) is 13.2 Å². The van der Waals surface area contributed by atoms with Crippen molar-refractivity contribution < 1.29 is 13.2 Å². The highest BCUT2D eigenvalue weighted by Gasteiger charge is 2.23. The molecule has 0 fully saturated rings. The lowest BCUT2D eigenvalue weighted by Crippen LogP contribution is -2.50. The summed E-state index contributed by atoms with van der Waals surface area (Å²) in [7, 11) is -3.13. The van der Waals surface area contributed by atoms with E-state index in [-0.39, 0.29) is 23.9 Å². The number of amides is 2. The van der Waals surface area contributed by atoms with Crippen LogP contribution in [0.2, 0.25) is 0 Å². The fourth-order valence-corrected chi connectivity index (χ4v) is 3.70. The van der Waals surface area contributed by atoms with Crippen LogP contribution >= 0.6 is 0 Å². The van der Waals surface area contributed by atoms with E-state index in [1.165, 1.54) is 6.26 Å². The first-order valence-electron chi connectivity index (χ1n) is 7.79. The molecule has 0 bridgehead atoms. The van der Waals surface area contributed by atoms with Crippen molar-refractivity contribution in [2.24, 2.45) is 0 Å². The van der Waals surface area contributed by atoms with Gasteiger partial charge in [-0.3, -0.25) is 4.68 Å². The molecule has 0 aliphatic rings. The Kier molecular flexibility index (Phi) is 6.61. The van der Waals surface area contributed by atoms with Gasteiger partial charge in [-0.15, -0.1) is 0 Å². The van der Waals surface area contributed by atoms with Gasteiger partial charge in [0.25, 0.3) is 0 Å². The van der Waals surface area contributed by atoms with Crippen LogP contribution in [0.5, 0.6) is 0 Å². The van der Waals surface area contributed by atoms with Crippen LogP contribution in [0.4, 0.5) is 4.79 Å². The third-order valence-corrected chi connectivity index (χ3v) is 4.69. The standard InChI is InChI=1S/C15H28N4O3S/c1-7-18(14(5)10-23(6,21)22)15(20)16-12(3)9-19-13(4)8-11(2)17-19/h8,12,14H,7,9-10H2,1-6H3,(H,16,20)/t12-,14+/m1/s1. The van der Waals surface area contributed by atoms with E-state index in [2.05, 4.69) is 10.4 Å². The van der Waals surface area contributed by atoms with Crippen molar-refractivity contribution in [3.63, 3.8) is 0 Å². The smallest absolute Gasteiger partial charge is 0.317 e. The highest BCUT2D eigenvalue weighted by atomic mass is 32.2. The minimum atomic E-state index is -3.13. The Morgan fingerprint density at radius 2 is 2.00 bits per heavy atom. The van der Waals surface area contributed by atoms with Gasteiger partial charge >= 0.3 is 6.03 Å². The van der Waals surface area contributed by atoms with E-state index in [0.29, 0.717) is 13.1 Å². The summed E-state index contributed by atoms with van der Waals surface area (Å²) in [5.41, 5.74) is 1.99. The topological polar surface area (TPSA) is 84.3 Å². The highest BCUT2D eigenvalue weighted by Crippen LogP contribution is 2.06. The number of carbonyl (C=O) groups is 1. The van der Waals surface area contributed by atoms with E-state index < -0.39 is 9.84 Å². The van der Waals surface area contributed by atoms with E-state index in [1.807, 2.05) is 38.4 Å². The first-order valence-corrected chi connectivity index (χ1v) is 9.85. The Bertz CT molecular complexity index is 639. The molecule has 0 unspecified atom stereocenters. The molecule has 2 amide bonds. The Balaban J connectivity index is 2.66. The highest BCUT2D eigenvalue weighted by molar-refractivity contribution is 7.90. The largest absolute Gasteiger partial charge is 0.334 e. The van der Waals surface area contributed by atoms with E-state index in [4.69, 9.17) is 0 Å². The molecule has 1 aromatic rings. The molecule has 0 saturated heterocycles. The maximum absolute atomic E-state index is 12.4. The van der Waals surface area contributed by atoms with Gasteiger partial charge in [0, 0.05) is 30.6 Å². The maximum atomic E-state index is 12.4. The summed E-state index contributed by atoms with van der Waals surface area (Å²) < 4.78 is 24.7. The van der Waals surface area contributed by atoms with Gasteiger partial charge < -0.3 is 10.2 Å². The summed E-state index contributed by atoms with van der Waals surface area (Å²) in [5, 5.41) is 7.29. The molecule has 7 nitrogen and oxygen atoms in total. The molecule has 23 heavy (non-hydrogen) atoms. The summed E-state index contributed by atoms with van der Waals surface area (Å²) >= 11 is 0. The Hall–Kier alpha value is -1.57. The Labute approximate surface area is 139 Å². The summed E-state index contributed by atoms with van der Waals surface area (Å²) in [6.07, 6.45) is 1.18. The third-order valence-electron chi connectivity index (χ3n) is 3.60. The van der Waals surface area contributed by atoms with Crippen molar-refractivity contribution in [2.75, 3.05) is 18.6 Å². The fraction of sp³-hybridized carbons (Fsp3) is 0.733. The zero-order chi connectivity index (χ0) is 17.8. The van der Waals surface area contributed by atoms with Crippen LogP contribution in [0.25, 0.3) is 0 Å². The van der Waals surface area contributed by atoms with Crippen molar-refractivity contribution in [3.8, 4) is 0 Å². The van der Waals surface area contributed by atoms with Crippen LogP contribution in [0.1, 0.15) is 32.2 Å². The fourth-order valence-electron chi connectivity index (χ4n) is 2.64. The van der Waals surface area contributed by atoms with Crippen molar-refractivity contribution in [1.29, 1.82) is 0 Å². The van der Waals surface area contributed by atoms with Crippen LogP contribution in [0.15, 0.2) is 6.07 Å². The van der Waals surface area contributed by atoms with Crippen molar-refractivity contribution in [3.05, 3.63) is 17.5 Å². The lowest BCUT2D eigenvalue weighted by molar-refractivity contribution is 0.182. The molecule has 0 aromatic carbocycles. The zero-order valence-corrected chi connectivity index (χ0v) is 15.6. The first kappa shape index (κ1) is 19.5. The van der Waals surface area contributed by atoms with Gasteiger partial charge in [-0.05, 0) is 40.7 Å². The average Bonchev–Trinajstić information content (AvgIpc) is 2.65. The van der Waals surface area contributed by atoms with Crippen LogP contribution in [-0.4, -0.2) is 59.8 Å². The van der Waals surface area contributed by atoms with Gasteiger partial charge in [0.05, 0.1) is 18.0 Å². The molecular weight excluding hydrogens is 316 g/mol. The van der Waals surface area contributed by atoms with Crippen LogP contribution < -0.4 is 5.32 Å². The number of hydrogen-bond acceptors (Lipinski definition) is 4. The molecule has 8 heteroatoms. The number of nitrogens with one attached hydrogen (secondary N) is 1. The average molecular weight is 344 g/mol. The molecule has 0 saturated carbocycles. The molecule has 1 rings (SSSR count). The summed E-state index contributed by atoms with van der Waals surface area (Å²) in [5.74, 6) is -0.0416. The molecule has 0 spiro atoms. The summed E-state index contributed by atoms with van der Waals surface area (Å²) in [4.78, 5) is 13.9. The number of rotatable bonds is 7. The number of sulfone groups is 1. The number of aryl methyl sites for hydroxylation is 2. The summed E-state index contributed by atoms with van der Waals surface area (Å²) in [6.45, 7) is 10.4. The predicted octanol–water partition coefficient (Wildman–Crippen LogP) is 1.35. The van der Waals surface area contributed by atoms with Gasteiger partial charge in [0.15, 0.2) is 0 Å². The first-order chi connectivity index (χ1) is 10.5. The van der Waals surface area contributed by atoms with Gasteiger partial charge in [0.1, 0.15) is 9.84 Å².